The molecule has 0 aliphatic rings. The third-order valence-electron chi connectivity index (χ3n) is 2.54. The van der Waals surface area contributed by atoms with E-state index < -0.39 is 10.8 Å². The summed E-state index contributed by atoms with van der Waals surface area (Å²) in [7, 11) is -1.34. The lowest BCUT2D eigenvalue weighted by Gasteiger charge is -2.09. The highest BCUT2D eigenvalue weighted by atomic mass is 32.2. The van der Waals surface area contributed by atoms with Crippen LogP contribution in [0.5, 0.6) is 0 Å². The van der Waals surface area contributed by atoms with E-state index >= 15 is 0 Å². The van der Waals surface area contributed by atoms with Gasteiger partial charge in [0.2, 0.25) is 5.91 Å². The lowest BCUT2D eigenvalue weighted by atomic mass is 10.2. The number of hydrogen-bond donors (Lipinski definition) is 2. The van der Waals surface area contributed by atoms with Crippen LogP contribution in [0.2, 0.25) is 0 Å². The molecule has 0 bridgehead atoms. The first-order valence-corrected chi connectivity index (χ1v) is 7.24. The summed E-state index contributed by atoms with van der Waals surface area (Å²) in [5, 5.41) is 2.75. The molecule has 1 unspecified atom stereocenters. The average Bonchev–Trinajstić information content (AvgIpc) is 2.30. The van der Waals surface area contributed by atoms with E-state index in [1.807, 2.05) is 20.8 Å². The minimum absolute atomic E-state index is 0.0169. The summed E-state index contributed by atoms with van der Waals surface area (Å²) in [6.07, 6.45) is 0. The van der Waals surface area contributed by atoms with Crippen LogP contribution < -0.4 is 11.1 Å². The van der Waals surface area contributed by atoms with Crippen LogP contribution in [-0.4, -0.2) is 22.4 Å². The number of benzene rings is 1. The van der Waals surface area contributed by atoms with Crippen molar-refractivity contribution in [2.75, 3.05) is 18.0 Å². The van der Waals surface area contributed by atoms with Gasteiger partial charge in [-0.3, -0.25) is 9.00 Å². The van der Waals surface area contributed by atoms with Crippen LogP contribution in [0, 0.1) is 12.8 Å². The van der Waals surface area contributed by atoms with Gasteiger partial charge in [-0.2, -0.15) is 0 Å². The maximum atomic E-state index is 12.1. The first-order chi connectivity index (χ1) is 8.41. The summed E-state index contributed by atoms with van der Waals surface area (Å²) in [4.78, 5) is 12.2. The van der Waals surface area contributed by atoms with Gasteiger partial charge in [-0.05, 0) is 30.5 Å². The standard InChI is InChI=1S/C13H20N2O2S/c1-9(2)7-15-13(16)8-18(17)12-6-4-5-11(14)10(12)3/h4-6,9H,7-8,14H2,1-3H3,(H,15,16). The second-order valence-corrected chi connectivity index (χ2v) is 6.08. The molecule has 1 rings (SSSR count). The summed E-state index contributed by atoms with van der Waals surface area (Å²) in [5.74, 6) is 0.178. The third kappa shape index (κ3) is 4.14. The van der Waals surface area contributed by atoms with E-state index in [1.165, 1.54) is 0 Å². The zero-order valence-electron chi connectivity index (χ0n) is 11.0. The molecule has 4 nitrogen and oxygen atoms in total. The predicted molar refractivity (Wildman–Crippen MR) is 74.7 cm³/mol. The van der Waals surface area contributed by atoms with Crippen molar-refractivity contribution in [2.24, 2.45) is 5.92 Å². The van der Waals surface area contributed by atoms with Crippen molar-refractivity contribution in [2.45, 2.75) is 25.7 Å². The Labute approximate surface area is 110 Å². The molecule has 0 radical (unpaired) electrons. The number of amides is 1. The summed E-state index contributed by atoms with van der Waals surface area (Å²) in [5.41, 5.74) is 7.14. The first kappa shape index (κ1) is 14.7. The Hall–Kier alpha value is -1.36. The fraction of sp³-hybridized carbons (Fsp3) is 0.462. The molecule has 0 fully saturated rings. The molecule has 100 valence electrons. The summed E-state index contributed by atoms with van der Waals surface area (Å²) < 4.78 is 12.1. The Morgan fingerprint density at radius 3 is 2.72 bits per heavy atom. The minimum atomic E-state index is -1.34. The topological polar surface area (TPSA) is 72.2 Å². The second-order valence-electron chi connectivity index (χ2n) is 4.66. The number of nitrogens with two attached hydrogens (primary N) is 1. The van der Waals surface area contributed by atoms with Crippen LogP contribution in [0.4, 0.5) is 5.69 Å². The molecule has 1 atom stereocenters. The largest absolute Gasteiger partial charge is 0.398 e. The van der Waals surface area contributed by atoms with Crippen LogP contribution in [0.25, 0.3) is 0 Å². The SMILES string of the molecule is Cc1c(N)cccc1S(=O)CC(=O)NCC(C)C. The Morgan fingerprint density at radius 2 is 2.11 bits per heavy atom. The van der Waals surface area contributed by atoms with Gasteiger partial charge in [-0.1, -0.05) is 19.9 Å². The predicted octanol–water partition coefficient (Wildman–Crippen LogP) is 1.46. The van der Waals surface area contributed by atoms with Gasteiger partial charge < -0.3 is 11.1 Å². The van der Waals surface area contributed by atoms with Gasteiger partial charge in [0.1, 0.15) is 5.75 Å². The minimum Gasteiger partial charge on any atom is -0.398 e. The number of hydrogen-bond acceptors (Lipinski definition) is 3. The fourth-order valence-electron chi connectivity index (χ4n) is 1.44. The van der Waals surface area contributed by atoms with E-state index in [4.69, 9.17) is 5.73 Å². The number of nitrogens with one attached hydrogen (secondary N) is 1. The van der Waals surface area contributed by atoms with E-state index in [0.717, 1.165) is 5.56 Å². The highest BCUT2D eigenvalue weighted by Crippen LogP contribution is 2.18. The Bertz CT molecular complexity index is 458. The van der Waals surface area contributed by atoms with Crippen LogP contribution in [-0.2, 0) is 15.6 Å². The van der Waals surface area contributed by atoms with Crippen molar-refractivity contribution in [1.29, 1.82) is 0 Å². The molecule has 0 spiro atoms. The summed E-state index contributed by atoms with van der Waals surface area (Å²) in [6.45, 7) is 6.44. The highest BCUT2D eigenvalue weighted by Gasteiger charge is 2.13. The summed E-state index contributed by atoms with van der Waals surface area (Å²) in [6, 6.07) is 5.26. The van der Waals surface area contributed by atoms with Crippen LogP contribution >= 0.6 is 0 Å². The normalized spacial score (nSPS) is 12.4. The zero-order chi connectivity index (χ0) is 13.7. The summed E-state index contributed by atoms with van der Waals surface area (Å²) >= 11 is 0. The second kappa shape index (κ2) is 6.54. The maximum absolute atomic E-state index is 12.1. The third-order valence-corrected chi connectivity index (χ3v) is 4.00. The van der Waals surface area contributed by atoms with E-state index in [-0.39, 0.29) is 11.7 Å². The maximum Gasteiger partial charge on any atom is 0.233 e. The van der Waals surface area contributed by atoms with E-state index in [9.17, 15) is 9.00 Å². The zero-order valence-corrected chi connectivity index (χ0v) is 11.8. The van der Waals surface area contributed by atoms with Crippen molar-refractivity contribution in [3.8, 4) is 0 Å². The molecule has 0 saturated carbocycles. The molecule has 5 heteroatoms. The molecule has 18 heavy (non-hydrogen) atoms. The van der Waals surface area contributed by atoms with Gasteiger partial charge in [0.15, 0.2) is 0 Å². The van der Waals surface area contributed by atoms with Gasteiger partial charge in [-0.15, -0.1) is 0 Å². The van der Waals surface area contributed by atoms with E-state index in [2.05, 4.69) is 5.32 Å². The monoisotopic (exact) mass is 268 g/mol. The van der Waals surface area contributed by atoms with Crippen LogP contribution in [0.15, 0.2) is 23.1 Å². The van der Waals surface area contributed by atoms with Gasteiger partial charge in [0.05, 0.1) is 10.8 Å². The highest BCUT2D eigenvalue weighted by molar-refractivity contribution is 7.85. The smallest absolute Gasteiger partial charge is 0.233 e. The molecule has 1 aromatic rings. The molecule has 0 heterocycles. The molecule has 1 aromatic carbocycles. The Morgan fingerprint density at radius 1 is 1.44 bits per heavy atom. The van der Waals surface area contributed by atoms with Crippen molar-refractivity contribution in [1.82, 2.24) is 5.32 Å². The number of rotatable bonds is 5. The molecule has 0 saturated heterocycles. The molecule has 0 aliphatic heterocycles. The van der Waals surface area contributed by atoms with Crippen LogP contribution in [0.1, 0.15) is 19.4 Å². The van der Waals surface area contributed by atoms with Gasteiger partial charge in [-0.25, -0.2) is 0 Å². The quantitative estimate of drug-likeness (QED) is 0.794. The Balaban J connectivity index is 2.65. The number of carbonyl (C=O) groups is 1. The molecular formula is C13H20N2O2S. The molecule has 3 N–H and O–H groups in total. The molecule has 0 aromatic heterocycles. The number of nitrogen functional groups attached to an aromatic ring is 1. The van der Waals surface area contributed by atoms with Crippen molar-refractivity contribution >= 4 is 22.4 Å². The lowest BCUT2D eigenvalue weighted by molar-refractivity contribution is -0.118. The number of carbonyl (C=O) groups excluding carboxylic acids is 1. The van der Waals surface area contributed by atoms with Crippen molar-refractivity contribution in [3.63, 3.8) is 0 Å². The van der Waals surface area contributed by atoms with Gasteiger partial charge in [0, 0.05) is 17.1 Å². The fourth-order valence-corrected chi connectivity index (χ4v) is 2.63. The van der Waals surface area contributed by atoms with Gasteiger partial charge >= 0.3 is 0 Å². The van der Waals surface area contributed by atoms with E-state index in [1.54, 1.807) is 18.2 Å². The van der Waals surface area contributed by atoms with E-state index in [0.29, 0.717) is 23.0 Å². The molecular weight excluding hydrogens is 248 g/mol. The average molecular weight is 268 g/mol. The van der Waals surface area contributed by atoms with Gasteiger partial charge in [0.25, 0.3) is 0 Å². The van der Waals surface area contributed by atoms with Crippen LogP contribution in [0.3, 0.4) is 0 Å². The van der Waals surface area contributed by atoms with Crippen molar-refractivity contribution in [3.05, 3.63) is 23.8 Å². The molecule has 1 amide bonds. The lowest BCUT2D eigenvalue weighted by Crippen LogP contribution is -2.31. The first-order valence-electron chi connectivity index (χ1n) is 5.92. The Kier molecular flexibility index (Phi) is 5.34. The van der Waals surface area contributed by atoms with Crippen molar-refractivity contribution < 1.29 is 9.00 Å². The number of anilines is 1. The molecule has 0 aliphatic carbocycles.